The zero-order valence-electron chi connectivity index (χ0n) is 16.1. The predicted molar refractivity (Wildman–Crippen MR) is 101 cm³/mol. The Morgan fingerprint density at radius 1 is 0.769 bits per heavy atom. The van der Waals surface area contributed by atoms with Gasteiger partial charge in [0.25, 0.3) is 0 Å². The molecule has 2 saturated carbocycles. The molecule has 0 amide bonds. The molecule has 0 N–H and O–H groups in total. The van der Waals surface area contributed by atoms with Crippen LogP contribution in [-0.4, -0.2) is 0 Å². The highest BCUT2D eigenvalue weighted by Crippen LogP contribution is 2.45. The second-order valence-electron chi connectivity index (χ2n) is 8.65. The standard InChI is InChI=1S/C23H33F3/c1-2-3-4-5-16-6-8-17(9-7-16)18-10-12-19(13-11-18)20-14-15-21(24)23(26)22(20)25/h14-19H,2-13H2,1H3. The largest absolute Gasteiger partial charge is 0.204 e. The second-order valence-corrected chi connectivity index (χ2v) is 8.65. The second kappa shape index (κ2) is 9.28. The zero-order chi connectivity index (χ0) is 18.5. The minimum atomic E-state index is -1.31. The number of hydrogen-bond acceptors (Lipinski definition) is 0. The van der Waals surface area contributed by atoms with Gasteiger partial charge in [-0.05, 0) is 73.8 Å². The summed E-state index contributed by atoms with van der Waals surface area (Å²) >= 11 is 0. The molecule has 0 heterocycles. The summed E-state index contributed by atoms with van der Waals surface area (Å²) in [6.07, 6.45) is 14.9. The smallest absolute Gasteiger partial charge is 0.194 e. The molecule has 0 spiro atoms. The lowest BCUT2D eigenvalue weighted by atomic mass is 9.68. The summed E-state index contributed by atoms with van der Waals surface area (Å²) in [7, 11) is 0. The Labute approximate surface area is 156 Å². The van der Waals surface area contributed by atoms with Crippen molar-refractivity contribution < 1.29 is 13.2 Å². The summed E-state index contributed by atoms with van der Waals surface area (Å²) in [5, 5.41) is 0. The molecular formula is C23H33F3. The molecule has 1 aromatic carbocycles. The maximum atomic E-state index is 14.1. The molecule has 0 radical (unpaired) electrons. The van der Waals surface area contributed by atoms with Gasteiger partial charge >= 0.3 is 0 Å². The summed E-state index contributed by atoms with van der Waals surface area (Å²) in [5.41, 5.74) is 0.377. The molecule has 0 atom stereocenters. The third-order valence-electron chi connectivity index (χ3n) is 7.05. The summed E-state index contributed by atoms with van der Waals surface area (Å²) in [4.78, 5) is 0. The Bertz CT molecular complexity index is 567. The van der Waals surface area contributed by atoms with Crippen molar-refractivity contribution in [3.8, 4) is 0 Å². The average molecular weight is 367 g/mol. The van der Waals surface area contributed by atoms with Gasteiger partial charge in [0.15, 0.2) is 17.5 Å². The zero-order valence-corrected chi connectivity index (χ0v) is 16.1. The third kappa shape index (κ3) is 4.64. The van der Waals surface area contributed by atoms with Crippen LogP contribution >= 0.6 is 0 Å². The minimum Gasteiger partial charge on any atom is -0.204 e. The molecule has 146 valence electrons. The Morgan fingerprint density at radius 2 is 1.38 bits per heavy atom. The topological polar surface area (TPSA) is 0 Å². The SMILES string of the molecule is CCCCCC1CCC(C2CCC(c3ccc(F)c(F)c3F)CC2)CC1. The first-order chi connectivity index (χ1) is 12.6. The fourth-order valence-electron chi connectivity index (χ4n) is 5.39. The van der Waals surface area contributed by atoms with E-state index in [1.54, 1.807) is 0 Å². The van der Waals surface area contributed by atoms with E-state index in [9.17, 15) is 13.2 Å². The molecule has 0 aliphatic heterocycles. The quantitative estimate of drug-likeness (QED) is 0.356. The first kappa shape index (κ1) is 19.8. The van der Waals surface area contributed by atoms with Crippen LogP contribution < -0.4 is 0 Å². The average Bonchev–Trinajstić information content (AvgIpc) is 2.67. The van der Waals surface area contributed by atoms with Crippen LogP contribution in [0.1, 0.15) is 95.5 Å². The molecule has 1 aromatic rings. The van der Waals surface area contributed by atoms with Crippen LogP contribution in [0.2, 0.25) is 0 Å². The van der Waals surface area contributed by atoms with Crippen molar-refractivity contribution in [2.45, 2.75) is 89.9 Å². The monoisotopic (exact) mass is 366 g/mol. The van der Waals surface area contributed by atoms with Crippen molar-refractivity contribution >= 4 is 0 Å². The van der Waals surface area contributed by atoms with E-state index in [4.69, 9.17) is 0 Å². The van der Waals surface area contributed by atoms with Gasteiger partial charge in [-0.3, -0.25) is 0 Å². The minimum absolute atomic E-state index is 0.0479. The van der Waals surface area contributed by atoms with Gasteiger partial charge in [-0.2, -0.15) is 0 Å². The van der Waals surface area contributed by atoms with E-state index in [2.05, 4.69) is 6.92 Å². The van der Waals surface area contributed by atoms with Crippen molar-refractivity contribution in [1.29, 1.82) is 0 Å². The lowest BCUT2D eigenvalue weighted by molar-refractivity contribution is 0.155. The molecule has 2 aliphatic carbocycles. The van der Waals surface area contributed by atoms with Gasteiger partial charge < -0.3 is 0 Å². The molecule has 0 saturated heterocycles. The number of unbranched alkanes of at least 4 members (excludes halogenated alkanes) is 2. The van der Waals surface area contributed by atoms with Crippen molar-refractivity contribution in [3.63, 3.8) is 0 Å². The van der Waals surface area contributed by atoms with Gasteiger partial charge in [0.1, 0.15) is 0 Å². The summed E-state index contributed by atoms with van der Waals surface area (Å²) in [6.45, 7) is 2.26. The Balaban J connectivity index is 1.47. The lowest BCUT2D eigenvalue weighted by Crippen LogP contribution is -2.25. The molecule has 3 rings (SSSR count). The fraction of sp³-hybridized carbons (Fsp3) is 0.739. The highest BCUT2D eigenvalue weighted by molar-refractivity contribution is 5.24. The van der Waals surface area contributed by atoms with E-state index in [0.29, 0.717) is 5.56 Å². The van der Waals surface area contributed by atoms with Crippen LogP contribution in [-0.2, 0) is 0 Å². The van der Waals surface area contributed by atoms with Crippen LogP contribution in [0.25, 0.3) is 0 Å². The molecule has 0 aromatic heterocycles. The van der Waals surface area contributed by atoms with E-state index in [1.807, 2.05) is 0 Å². The summed E-state index contributed by atoms with van der Waals surface area (Å²) < 4.78 is 40.7. The molecule has 26 heavy (non-hydrogen) atoms. The number of benzene rings is 1. The first-order valence-corrected chi connectivity index (χ1v) is 10.7. The van der Waals surface area contributed by atoms with Gasteiger partial charge in [-0.25, -0.2) is 13.2 Å². The predicted octanol–water partition coefficient (Wildman–Crippen LogP) is 7.76. The number of rotatable bonds is 6. The lowest BCUT2D eigenvalue weighted by Gasteiger charge is -2.38. The normalized spacial score (nSPS) is 29.7. The van der Waals surface area contributed by atoms with Crippen LogP contribution in [0.3, 0.4) is 0 Å². The van der Waals surface area contributed by atoms with Crippen molar-refractivity contribution in [2.75, 3.05) is 0 Å². The Kier molecular flexibility index (Phi) is 7.05. The van der Waals surface area contributed by atoms with Gasteiger partial charge in [0.05, 0.1) is 0 Å². The molecule has 0 nitrogen and oxygen atoms in total. The highest BCUT2D eigenvalue weighted by atomic mass is 19.2. The maximum Gasteiger partial charge on any atom is 0.194 e. The van der Waals surface area contributed by atoms with Crippen molar-refractivity contribution in [2.24, 2.45) is 17.8 Å². The van der Waals surface area contributed by atoms with Crippen LogP contribution in [0.4, 0.5) is 13.2 Å². The van der Waals surface area contributed by atoms with E-state index in [1.165, 1.54) is 57.4 Å². The van der Waals surface area contributed by atoms with E-state index in [0.717, 1.165) is 49.5 Å². The number of halogens is 3. The number of hydrogen-bond donors (Lipinski definition) is 0. The van der Waals surface area contributed by atoms with E-state index >= 15 is 0 Å². The van der Waals surface area contributed by atoms with Gasteiger partial charge in [-0.15, -0.1) is 0 Å². The van der Waals surface area contributed by atoms with Crippen LogP contribution in [0.15, 0.2) is 12.1 Å². The molecule has 3 heteroatoms. The third-order valence-corrected chi connectivity index (χ3v) is 7.05. The molecule has 0 unspecified atom stereocenters. The van der Waals surface area contributed by atoms with E-state index in [-0.39, 0.29) is 5.92 Å². The molecular weight excluding hydrogens is 333 g/mol. The Hall–Kier alpha value is -0.990. The first-order valence-electron chi connectivity index (χ1n) is 10.7. The Morgan fingerprint density at radius 3 is 2.00 bits per heavy atom. The summed E-state index contributed by atoms with van der Waals surface area (Å²) in [5.74, 6) is -0.816. The van der Waals surface area contributed by atoms with Crippen LogP contribution in [0, 0.1) is 35.2 Å². The molecule has 0 bridgehead atoms. The van der Waals surface area contributed by atoms with Crippen LogP contribution in [0.5, 0.6) is 0 Å². The van der Waals surface area contributed by atoms with Gasteiger partial charge in [-0.1, -0.05) is 51.5 Å². The molecule has 2 fully saturated rings. The maximum absolute atomic E-state index is 14.1. The van der Waals surface area contributed by atoms with E-state index < -0.39 is 17.5 Å². The molecule has 2 aliphatic rings. The van der Waals surface area contributed by atoms with Crippen molar-refractivity contribution in [1.82, 2.24) is 0 Å². The van der Waals surface area contributed by atoms with Gasteiger partial charge in [0.2, 0.25) is 0 Å². The van der Waals surface area contributed by atoms with Crippen molar-refractivity contribution in [3.05, 3.63) is 35.1 Å². The van der Waals surface area contributed by atoms with Gasteiger partial charge in [0, 0.05) is 0 Å². The highest BCUT2D eigenvalue weighted by Gasteiger charge is 2.32. The fourth-order valence-corrected chi connectivity index (χ4v) is 5.39. The summed E-state index contributed by atoms with van der Waals surface area (Å²) in [6, 6.07) is 2.51.